The van der Waals surface area contributed by atoms with Gasteiger partial charge in [0, 0.05) is 12.5 Å². The fourth-order valence-corrected chi connectivity index (χ4v) is 2.31. The fourth-order valence-electron chi connectivity index (χ4n) is 2.31. The van der Waals surface area contributed by atoms with Gasteiger partial charge in [0.05, 0.1) is 5.92 Å². The van der Waals surface area contributed by atoms with Crippen LogP contribution in [0.2, 0.25) is 0 Å². The Kier molecular flexibility index (Phi) is 5.97. The summed E-state index contributed by atoms with van der Waals surface area (Å²) in [6.07, 6.45) is 5.54. The van der Waals surface area contributed by atoms with Crippen LogP contribution in [0.5, 0.6) is 0 Å². The minimum atomic E-state index is -0.795. The van der Waals surface area contributed by atoms with E-state index < -0.39 is 11.9 Å². The van der Waals surface area contributed by atoms with Gasteiger partial charge in [-0.3, -0.25) is 9.59 Å². The smallest absolute Gasteiger partial charge is 0.308 e. The van der Waals surface area contributed by atoms with Gasteiger partial charge < -0.3 is 16.2 Å². The Morgan fingerprint density at radius 1 is 1.24 bits per heavy atom. The van der Waals surface area contributed by atoms with E-state index in [4.69, 9.17) is 10.8 Å². The van der Waals surface area contributed by atoms with Crippen LogP contribution in [-0.4, -0.2) is 29.6 Å². The molecule has 17 heavy (non-hydrogen) atoms. The topological polar surface area (TPSA) is 92.4 Å². The van der Waals surface area contributed by atoms with E-state index in [0.29, 0.717) is 19.4 Å². The van der Waals surface area contributed by atoms with Crippen LogP contribution in [0.1, 0.15) is 44.9 Å². The summed E-state index contributed by atoms with van der Waals surface area (Å²) in [4.78, 5) is 22.5. The highest BCUT2D eigenvalue weighted by Crippen LogP contribution is 2.25. The van der Waals surface area contributed by atoms with Crippen molar-refractivity contribution in [3.05, 3.63) is 0 Å². The number of hydrogen-bond donors (Lipinski definition) is 3. The number of nitrogens with one attached hydrogen (secondary N) is 1. The van der Waals surface area contributed by atoms with Gasteiger partial charge in [0.15, 0.2) is 0 Å². The number of amides is 1. The average molecular weight is 242 g/mol. The highest BCUT2D eigenvalue weighted by molar-refractivity contribution is 5.78. The minimum Gasteiger partial charge on any atom is -0.481 e. The van der Waals surface area contributed by atoms with Gasteiger partial charge in [0.2, 0.25) is 5.91 Å². The summed E-state index contributed by atoms with van der Waals surface area (Å²) in [6.45, 7) is 0.658. The first-order chi connectivity index (χ1) is 8.15. The number of unbranched alkanes of at least 4 members (excludes halogenated alkanes) is 2. The molecule has 1 aliphatic carbocycles. The zero-order valence-corrected chi connectivity index (χ0v) is 10.2. The molecule has 5 heteroatoms. The normalized spacial score (nSPS) is 23.6. The molecule has 5 nitrogen and oxygen atoms in total. The second-order valence-corrected chi connectivity index (χ2v) is 4.65. The molecule has 0 heterocycles. The number of carboxylic acids is 1. The van der Waals surface area contributed by atoms with Crippen molar-refractivity contribution in [3.8, 4) is 0 Å². The van der Waals surface area contributed by atoms with Crippen molar-refractivity contribution in [2.24, 2.45) is 11.7 Å². The van der Waals surface area contributed by atoms with E-state index in [-0.39, 0.29) is 11.9 Å². The predicted molar refractivity (Wildman–Crippen MR) is 64.4 cm³/mol. The molecule has 1 amide bonds. The van der Waals surface area contributed by atoms with Crippen molar-refractivity contribution in [1.29, 1.82) is 0 Å². The molecule has 1 saturated carbocycles. The molecule has 0 bridgehead atoms. The van der Waals surface area contributed by atoms with Gasteiger partial charge in [-0.25, -0.2) is 0 Å². The third-order valence-electron chi connectivity index (χ3n) is 3.29. The van der Waals surface area contributed by atoms with Crippen molar-refractivity contribution in [2.45, 2.75) is 51.0 Å². The summed E-state index contributed by atoms with van der Waals surface area (Å²) in [6, 6.07) is -0.172. The average Bonchev–Trinajstić information content (AvgIpc) is 2.72. The largest absolute Gasteiger partial charge is 0.481 e. The van der Waals surface area contributed by atoms with Crippen molar-refractivity contribution < 1.29 is 14.7 Å². The SMILES string of the molecule is NCCCCCC(=O)NC1CCCC1C(=O)O. The molecule has 0 aliphatic heterocycles. The molecule has 2 atom stereocenters. The molecule has 0 aromatic carbocycles. The van der Waals surface area contributed by atoms with Crippen LogP contribution < -0.4 is 11.1 Å². The molecule has 0 aromatic rings. The Labute approximate surface area is 102 Å². The molecule has 0 aromatic heterocycles. The van der Waals surface area contributed by atoms with Gasteiger partial charge >= 0.3 is 5.97 Å². The summed E-state index contributed by atoms with van der Waals surface area (Å²) >= 11 is 0. The molecule has 98 valence electrons. The number of rotatable bonds is 7. The second kappa shape index (κ2) is 7.27. The van der Waals surface area contributed by atoms with Crippen molar-refractivity contribution in [2.75, 3.05) is 6.54 Å². The monoisotopic (exact) mass is 242 g/mol. The van der Waals surface area contributed by atoms with Crippen LogP contribution in [0.4, 0.5) is 0 Å². The Morgan fingerprint density at radius 2 is 2.00 bits per heavy atom. The molecule has 1 fully saturated rings. The number of hydrogen-bond acceptors (Lipinski definition) is 3. The molecule has 2 unspecified atom stereocenters. The third-order valence-corrected chi connectivity index (χ3v) is 3.29. The molecule has 0 radical (unpaired) electrons. The van der Waals surface area contributed by atoms with Gasteiger partial charge in [0.1, 0.15) is 0 Å². The van der Waals surface area contributed by atoms with Gasteiger partial charge in [-0.05, 0) is 32.2 Å². The highest BCUT2D eigenvalue weighted by Gasteiger charge is 2.33. The molecule has 4 N–H and O–H groups in total. The summed E-state index contributed by atoms with van der Waals surface area (Å²) in [5.41, 5.74) is 5.36. The summed E-state index contributed by atoms with van der Waals surface area (Å²) in [5.74, 6) is -1.22. The van der Waals surface area contributed by atoms with Crippen LogP contribution in [0.25, 0.3) is 0 Å². The predicted octanol–water partition coefficient (Wildman–Crippen LogP) is 0.875. The molecular weight excluding hydrogens is 220 g/mol. The summed E-state index contributed by atoms with van der Waals surface area (Å²) in [5, 5.41) is 11.8. The minimum absolute atomic E-state index is 0.0276. The van der Waals surface area contributed by atoms with Crippen LogP contribution in [0.15, 0.2) is 0 Å². The number of nitrogens with two attached hydrogens (primary N) is 1. The lowest BCUT2D eigenvalue weighted by atomic mass is 10.0. The molecule has 0 spiro atoms. The zero-order chi connectivity index (χ0) is 12.7. The Bertz CT molecular complexity index is 268. The van der Waals surface area contributed by atoms with E-state index in [1.807, 2.05) is 0 Å². The van der Waals surface area contributed by atoms with Gasteiger partial charge in [-0.1, -0.05) is 12.8 Å². The second-order valence-electron chi connectivity index (χ2n) is 4.65. The maximum Gasteiger partial charge on any atom is 0.308 e. The van der Waals surface area contributed by atoms with E-state index in [2.05, 4.69) is 5.32 Å². The molecular formula is C12H22N2O3. The molecule has 0 saturated heterocycles. The lowest BCUT2D eigenvalue weighted by Crippen LogP contribution is -2.40. The van der Waals surface area contributed by atoms with E-state index in [9.17, 15) is 9.59 Å². The first-order valence-electron chi connectivity index (χ1n) is 6.37. The van der Waals surface area contributed by atoms with E-state index in [1.165, 1.54) is 0 Å². The Hall–Kier alpha value is -1.10. The van der Waals surface area contributed by atoms with Gasteiger partial charge in [-0.15, -0.1) is 0 Å². The van der Waals surface area contributed by atoms with Crippen LogP contribution >= 0.6 is 0 Å². The Morgan fingerprint density at radius 3 is 2.65 bits per heavy atom. The van der Waals surface area contributed by atoms with E-state index in [1.54, 1.807) is 0 Å². The van der Waals surface area contributed by atoms with Gasteiger partial charge in [-0.2, -0.15) is 0 Å². The number of carbonyl (C=O) groups is 2. The molecule has 1 rings (SSSR count). The number of carbonyl (C=O) groups excluding carboxylic acids is 1. The Balaban J connectivity index is 2.23. The van der Waals surface area contributed by atoms with Crippen LogP contribution in [-0.2, 0) is 9.59 Å². The zero-order valence-electron chi connectivity index (χ0n) is 10.2. The number of carboxylic acid groups (broad SMARTS) is 1. The molecule has 1 aliphatic rings. The first-order valence-corrected chi connectivity index (χ1v) is 6.37. The maximum atomic E-state index is 11.6. The number of aliphatic carboxylic acids is 1. The van der Waals surface area contributed by atoms with Crippen molar-refractivity contribution >= 4 is 11.9 Å². The fraction of sp³-hybridized carbons (Fsp3) is 0.833. The highest BCUT2D eigenvalue weighted by atomic mass is 16.4. The quantitative estimate of drug-likeness (QED) is 0.578. The van der Waals surface area contributed by atoms with Crippen molar-refractivity contribution in [3.63, 3.8) is 0 Å². The maximum absolute atomic E-state index is 11.6. The van der Waals surface area contributed by atoms with Gasteiger partial charge in [0.25, 0.3) is 0 Å². The van der Waals surface area contributed by atoms with Crippen molar-refractivity contribution in [1.82, 2.24) is 5.32 Å². The summed E-state index contributed by atoms with van der Waals surface area (Å²) in [7, 11) is 0. The van der Waals surface area contributed by atoms with Crippen LogP contribution in [0, 0.1) is 5.92 Å². The lowest BCUT2D eigenvalue weighted by molar-refractivity contribution is -0.142. The summed E-state index contributed by atoms with van der Waals surface area (Å²) < 4.78 is 0. The first kappa shape index (κ1) is 14.0. The lowest BCUT2D eigenvalue weighted by Gasteiger charge is -2.17. The van der Waals surface area contributed by atoms with Crippen LogP contribution in [0.3, 0.4) is 0 Å². The van der Waals surface area contributed by atoms with E-state index in [0.717, 1.165) is 32.1 Å². The standard InChI is InChI=1S/C12H22N2O3/c13-8-3-1-2-7-11(15)14-10-6-4-5-9(10)12(16)17/h9-10H,1-8,13H2,(H,14,15)(H,16,17). The van der Waals surface area contributed by atoms with E-state index >= 15 is 0 Å². The third kappa shape index (κ3) is 4.73.